The van der Waals surface area contributed by atoms with E-state index in [-0.39, 0.29) is 11.7 Å². The Kier molecular flexibility index (Phi) is 7.32. The monoisotopic (exact) mass is 434 g/mol. The summed E-state index contributed by atoms with van der Waals surface area (Å²) in [7, 11) is 0. The molecule has 0 saturated carbocycles. The lowest BCUT2D eigenvalue weighted by Gasteiger charge is -2.32. The minimum Gasteiger partial charge on any atom is -0.352 e. The van der Waals surface area contributed by atoms with E-state index in [0.717, 1.165) is 50.1 Å². The van der Waals surface area contributed by atoms with E-state index in [0.29, 0.717) is 18.9 Å². The number of amides is 1. The van der Waals surface area contributed by atoms with Crippen LogP contribution in [0.4, 0.5) is 4.39 Å². The van der Waals surface area contributed by atoms with Crippen LogP contribution in [0, 0.1) is 18.7 Å². The van der Waals surface area contributed by atoms with Crippen LogP contribution in [-0.2, 0) is 17.9 Å². The summed E-state index contributed by atoms with van der Waals surface area (Å²) in [6, 6.07) is 14.7. The molecule has 0 radical (unpaired) electrons. The number of aryl methyl sites for hydroxylation is 1. The maximum atomic E-state index is 13.0. The average Bonchev–Trinajstić information content (AvgIpc) is 3.34. The van der Waals surface area contributed by atoms with Crippen LogP contribution >= 0.6 is 0 Å². The fourth-order valence-corrected chi connectivity index (χ4v) is 4.32. The number of likely N-dealkylation sites (tertiary alicyclic amines) is 1. The maximum Gasteiger partial charge on any atom is 0.220 e. The Labute approximate surface area is 189 Å². The molecule has 1 saturated heterocycles. The van der Waals surface area contributed by atoms with E-state index in [2.05, 4.69) is 40.4 Å². The van der Waals surface area contributed by atoms with Crippen molar-refractivity contribution in [3.05, 3.63) is 83.4 Å². The van der Waals surface area contributed by atoms with Crippen molar-refractivity contribution in [2.24, 2.45) is 5.92 Å². The van der Waals surface area contributed by atoms with Crippen LogP contribution in [0.3, 0.4) is 0 Å². The summed E-state index contributed by atoms with van der Waals surface area (Å²) in [5.41, 5.74) is 4.66. The van der Waals surface area contributed by atoms with E-state index in [9.17, 15) is 9.18 Å². The molecule has 2 aromatic carbocycles. The molecular formula is C26H31FN4O. The van der Waals surface area contributed by atoms with Gasteiger partial charge in [0.05, 0.1) is 5.69 Å². The molecule has 1 aromatic heterocycles. The number of halogens is 1. The Hall–Kier alpha value is -2.99. The summed E-state index contributed by atoms with van der Waals surface area (Å²) in [5, 5.41) is 7.25. The average molecular weight is 435 g/mol. The number of hydrogen-bond donors (Lipinski definition) is 1. The van der Waals surface area contributed by atoms with Gasteiger partial charge < -0.3 is 5.32 Å². The Morgan fingerprint density at radius 1 is 1.16 bits per heavy atom. The van der Waals surface area contributed by atoms with Crippen LogP contribution in [0.25, 0.3) is 5.69 Å². The quantitative estimate of drug-likeness (QED) is 0.562. The predicted octanol–water partition coefficient (Wildman–Crippen LogP) is 4.63. The molecule has 0 spiro atoms. The number of carbonyl (C=O) groups is 1. The number of nitrogens with zero attached hydrogens (tertiary/aromatic N) is 3. The van der Waals surface area contributed by atoms with Crippen molar-refractivity contribution < 1.29 is 9.18 Å². The van der Waals surface area contributed by atoms with E-state index < -0.39 is 0 Å². The first-order valence-corrected chi connectivity index (χ1v) is 11.4. The number of nitrogens with one attached hydrogen (secondary N) is 1. The summed E-state index contributed by atoms with van der Waals surface area (Å²) in [6.45, 7) is 5.73. The number of aromatic nitrogens is 2. The van der Waals surface area contributed by atoms with Crippen LogP contribution in [0.2, 0.25) is 0 Å². The van der Waals surface area contributed by atoms with Gasteiger partial charge in [-0.2, -0.15) is 5.10 Å². The molecule has 0 unspecified atom stereocenters. The highest BCUT2D eigenvalue weighted by molar-refractivity contribution is 5.75. The van der Waals surface area contributed by atoms with Gasteiger partial charge in [-0.3, -0.25) is 9.69 Å². The largest absolute Gasteiger partial charge is 0.352 e. The van der Waals surface area contributed by atoms with Gasteiger partial charge in [-0.15, -0.1) is 0 Å². The van der Waals surface area contributed by atoms with Crippen molar-refractivity contribution in [2.75, 3.05) is 13.1 Å². The van der Waals surface area contributed by atoms with E-state index >= 15 is 0 Å². The van der Waals surface area contributed by atoms with Gasteiger partial charge in [-0.05, 0) is 92.2 Å². The SMILES string of the molecule is Cc1cc(-n2cccn2)ccc1CN1CCC(CCC(=O)NCc2ccc(F)cc2)CC1. The molecule has 3 aromatic rings. The molecule has 32 heavy (non-hydrogen) atoms. The van der Waals surface area contributed by atoms with E-state index in [1.807, 2.05) is 16.9 Å². The van der Waals surface area contributed by atoms with Gasteiger partial charge in [0, 0.05) is 31.9 Å². The highest BCUT2D eigenvalue weighted by Gasteiger charge is 2.20. The molecule has 5 nitrogen and oxygen atoms in total. The number of rotatable bonds is 8. The smallest absolute Gasteiger partial charge is 0.220 e. The molecule has 1 N–H and O–H groups in total. The second kappa shape index (κ2) is 10.6. The molecule has 4 rings (SSSR count). The fraction of sp³-hybridized carbons (Fsp3) is 0.385. The van der Waals surface area contributed by atoms with E-state index in [1.165, 1.54) is 23.3 Å². The molecule has 1 aliphatic rings. The van der Waals surface area contributed by atoms with Crippen molar-refractivity contribution in [1.29, 1.82) is 0 Å². The Morgan fingerprint density at radius 3 is 2.62 bits per heavy atom. The zero-order valence-electron chi connectivity index (χ0n) is 18.6. The van der Waals surface area contributed by atoms with E-state index in [1.54, 1.807) is 18.3 Å². The summed E-state index contributed by atoms with van der Waals surface area (Å²) < 4.78 is 14.8. The van der Waals surface area contributed by atoms with Crippen LogP contribution in [0.1, 0.15) is 42.4 Å². The second-order valence-corrected chi connectivity index (χ2v) is 8.72. The third kappa shape index (κ3) is 6.04. The molecule has 1 amide bonds. The number of benzene rings is 2. The summed E-state index contributed by atoms with van der Waals surface area (Å²) in [4.78, 5) is 14.7. The summed E-state index contributed by atoms with van der Waals surface area (Å²) in [6.07, 6.45) is 7.51. The van der Waals surface area contributed by atoms with Crippen molar-refractivity contribution >= 4 is 5.91 Å². The third-order valence-electron chi connectivity index (χ3n) is 6.38. The van der Waals surface area contributed by atoms with Crippen molar-refractivity contribution in [3.63, 3.8) is 0 Å². The first kappa shape index (κ1) is 22.2. The molecule has 0 atom stereocenters. The molecule has 0 aliphatic carbocycles. The highest BCUT2D eigenvalue weighted by Crippen LogP contribution is 2.24. The minimum atomic E-state index is -0.257. The van der Waals surface area contributed by atoms with Crippen LogP contribution < -0.4 is 5.32 Å². The Morgan fingerprint density at radius 2 is 1.94 bits per heavy atom. The molecule has 1 aliphatic heterocycles. The van der Waals surface area contributed by atoms with E-state index in [4.69, 9.17) is 0 Å². The first-order valence-electron chi connectivity index (χ1n) is 11.4. The topological polar surface area (TPSA) is 50.2 Å². The van der Waals surface area contributed by atoms with Crippen LogP contribution in [-0.4, -0.2) is 33.7 Å². The number of carbonyl (C=O) groups excluding carboxylic acids is 1. The Bertz CT molecular complexity index is 1010. The normalized spacial score (nSPS) is 15.1. The maximum absolute atomic E-state index is 13.0. The lowest BCUT2D eigenvalue weighted by molar-refractivity contribution is -0.121. The van der Waals surface area contributed by atoms with Crippen molar-refractivity contribution in [1.82, 2.24) is 20.0 Å². The molecule has 2 heterocycles. The number of hydrogen-bond acceptors (Lipinski definition) is 3. The fourth-order valence-electron chi connectivity index (χ4n) is 4.32. The summed E-state index contributed by atoms with van der Waals surface area (Å²) in [5.74, 6) is 0.420. The zero-order valence-corrected chi connectivity index (χ0v) is 18.6. The van der Waals surface area contributed by atoms with Gasteiger partial charge in [0.25, 0.3) is 0 Å². The predicted molar refractivity (Wildman–Crippen MR) is 124 cm³/mol. The van der Waals surface area contributed by atoms with Crippen molar-refractivity contribution in [2.45, 2.75) is 45.7 Å². The Balaban J connectivity index is 1.17. The molecule has 1 fully saturated rings. The van der Waals surface area contributed by atoms with Gasteiger partial charge in [-0.1, -0.05) is 18.2 Å². The minimum absolute atomic E-state index is 0.0738. The van der Waals surface area contributed by atoms with Gasteiger partial charge >= 0.3 is 0 Å². The van der Waals surface area contributed by atoms with Gasteiger partial charge in [0.15, 0.2) is 0 Å². The van der Waals surface area contributed by atoms with Gasteiger partial charge in [0.2, 0.25) is 5.91 Å². The first-order chi connectivity index (χ1) is 15.6. The highest BCUT2D eigenvalue weighted by atomic mass is 19.1. The third-order valence-corrected chi connectivity index (χ3v) is 6.38. The van der Waals surface area contributed by atoms with Gasteiger partial charge in [-0.25, -0.2) is 9.07 Å². The van der Waals surface area contributed by atoms with Gasteiger partial charge in [0.1, 0.15) is 5.82 Å². The molecule has 6 heteroatoms. The molecule has 168 valence electrons. The standard InChI is InChI=1S/C26H31FN4O/c1-20-17-25(31-14-2-13-29-31)9-6-23(20)19-30-15-11-21(12-16-30)5-10-26(32)28-18-22-3-7-24(27)8-4-22/h2-4,6-9,13-14,17,21H,5,10-12,15-16,18-19H2,1H3,(H,28,32). The lowest BCUT2D eigenvalue weighted by atomic mass is 9.91. The van der Waals surface area contributed by atoms with Crippen molar-refractivity contribution in [3.8, 4) is 5.69 Å². The second-order valence-electron chi connectivity index (χ2n) is 8.72. The molecule has 0 bridgehead atoms. The zero-order chi connectivity index (χ0) is 22.3. The van der Waals surface area contributed by atoms with Crippen LogP contribution in [0.5, 0.6) is 0 Å². The molecular weight excluding hydrogens is 403 g/mol. The number of piperidine rings is 1. The summed E-state index contributed by atoms with van der Waals surface area (Å²) >= 11 is 0. The lowest BCUT2D eigenvalue weighted by Crippen LogP contribution is -2.34. The van der Waals surface area contributed by atoms with Crippen LogP contribution in [0.15, 0.2) is 60.9 Å².